The molecule has 0 aromatic rings. The highest BCUT2D eigenvalue weighted by atomic mass is 15.3. The second kappa shape index (κ2) is 4.40. The highest BCUT2D eigenvalue weighted by Crippen LogP contribution is 2.11. The summed E-state index contributed by atoms with van der Waals surface area (Å²) < 4.78 is 0. The summed E-state index contributed by atoms with van der Waals surface area (Å²) in [6, 6.07) is 1.45. The van der Waals surface area contributed by atoms with Crippen molar-refractivity contribution in [2.45, 2.75) is 38.9 Å². The Bertz CT molecular complexity index is 158. The highest BCUT2D eigenvalue weighted by molar-refractivity contribution is 4.83. The topological polar surface area (TPSA) is 32.5 Å². The molecule has 3 unspecified atom stereocenters. The zero-order valence-corrected chi connectivity index (χ0v) is 9.33. The van der Waals surface area contributed by atoms with Gasteiger partial charge in [-0.15, -0.1) is 0 Å². The quantitative estimate of drug-likeness (QED) is 0.674. The van der Waals surface area contributed by atoms with Crippen LogP contribution < -0.4 is 5.73 Å². The summed E-state index contributed by atoms with van der Waals surface area (Å²) in [5, 5.41) is 0. The summed E-state index contributed by atoms with van der Waals surface area (Å²) in [7, 11) is 2.19. The molecule has 0 radical (unpaired) electrons. The summed E-state index contributed by atoms with van der Waals surface area (Å²) in [5.74, 6) is 0. The van der Waals surface area contributed by atoms with Crippen molar-refractivity contribution in [2.24, 2.45) is 5.73 Å². The Hall–Kier alpha value is -0.120. The number of hydrogen-bond acceptors (Lipinski definition) is 3. The van der Waals surface area contributed by atoms with Gasteiger partial charge in [0.25, 0.3) is 0 Å². The Morgan fingerprint density at radius 1 is 1.31 bits per heavy atom. The smallest absolute Gasteiger partial charge is 0.0217 e. The van der Waals surface area contributed by atoms with Gasteiger partial charge in [0.05, 0.1) is 0 Å². The van der Waals surface area contributed by atoms with E-state index in [1.165, 1.54) is 0 Å². The number of nitrogens with two attached hydrogens (primary N) is 1. The lowest BCUT2D eigenvalue weighted by molar-refractivity contribution is 0.0707. The van der Waals surface area contributed by atoms with E-state index in [9.17, 15) is 0 Å². The first kappa shape index (κ1) is 11.0. The van der Waals surface area contributed by atoms with Gasteiger partial charge in [-0.25, -0.2) is 0 Å². The minimum absolute atomic E-state index is 0.274. The molecule has 3 nitrogen and oxygen atoms in total. The predicted octanol–water partition coefficient (Wildman–Crippen LogP) is 0.358. The molecule has 78 valence electrons. The van der Waals surface area contributed by atoms with Gasteiger partial charge in [0.2, 0.25) is 0 Å². The van der Waals surface area contributed by atoms with Gasteiger partial charge in [0.1, 0.15) is 0 Å². The summed E-state index contributed by atoms with van der Waals surface area (Å²) in [6.45, 7) is 10.1. The lowest BCUT2D eigenvalue weighted by Crippen LogP contribution is -2.56. The molecule has 2 N–H and O–H groups in total. The van der Waals surface area contributed by atoms with E-state index >= 15 is 0 Å². The molecule has 0 spiro atoms. The van der Waals surface area contributed by atoms with Crippen LogP contribution in [0.1, 0.15) is 20.8 Å². The fourth-order valence-corrected chi connectivity index (χ4v) is 1.78. The molecule has 0 bridgehead atoms. The number of likely N-dealkylation sites (N-methyl/N-ethyl adjacent to an activating group) is 1. The van der Waals surface area contributed by atoms with E-state index < -0.39 is 0 Å². The minimum Gasteiger partial charge on any atom is -0.327 e. The van der Waals surface area contributed by atoms with Crippen molar-refractivity contribution in [2.75, 3.05) is 26.7 Å². The lowest BCUT2D eigenvalue weighted by Gasteiger charge is -2.41. The van der Waals surface area contributed by atoms with Crippen LogP contribution in [0.2, 0.25) is 0 Å². The molecular formula is C10H23N3. The van der Waals surface area contributed by atoms with Gasteiger partial charge < -0.3 is 10.6 Å². The van der Waals surface area contributed by atoms with Gasteiger partial charge >= 0.3 is 0 Å². The van der Waals surface area contributed by atoms with Gasteiger partial charge in [-0.2, -0.15) is 0 Å². The van der Waals surface area contributed by atoms with E-state index in [-0.39, 0.29) is 6.04 Å². The monoisotopic (exact) mass is 185 g/mol. The molecular weight excluding hydrogens is 162 g/mol. The maximum absolute atomic E-state index is 5.89. The number of hydrogen-bond donors (Lipinski definition) is 1. The first-order chi connectivity index (χ1) is 6.02. The van der Waals surface area contributed by atoms with E-state index in [2.05, 4.69) is 37.6 Å². The van der Waals surface area contributed by atoms with E-state index in [4.69, 9.17) is 5.73 Å². The largest absolute Gasteiger partial charge is 0.327 e. The zero-order valence-electron chi connectivity index (χ0n) is 9.33. The van der Waals surface area contributed by atoms with E-state index in [0.717, 1.165) is 19.6 Å². The first-order valence-corrected chi connectivity index (χ1v) is 5.22. The highest BCUT2D eigenvalue weighted by Gasteiger charge is 2.25. The van der Waals surface area contributed by atoms with Crippen LogP contribution in [0.4, 0.5) is 0 Å². The molecule has 1 aliphatic rings. The molecule has 1 fully saturated rings. The molecule has 1 saturated heterocycles. The Morgan fingerprint density at radius 3 is 2.38 bits per heavy atom. The molecule has 3 heteroatoms. The molecule has 3 atom stereocenters. The number of piperazine rings is 1. The van der Waals surface area contributed by atoms with Gasteiger partial charge in [-0.3, -0.25) is 4.90 Å². The van der Waals surface area contributed by atoms with Crippen LogP contribution in [0.15, 0.2) is 0 Å². The summed E-state index contributed by atoms with van der Waals surface area (Å²) >= 11 is 0. The Labute approximate surface area is 81.9 Å². The third-order valence-electron chi connectivity index (χ3n) is 3.33. The Balaban J connectivity index is 2.45. The standard InChI is InChI=1S/C10H23N3/c1-8-7-13(6-5-12(8)4)10(3)9(2)11/h8-10H,5-7,11H2,1-4H3. The first-order valence-electron chi connectivity index (χ1n) is 5.22. The SMILES string of the molecule is CC(N)C(C)N1CCN(C)C(C)C1. The third-order valence-corrected chi connectivity index (χ3v) is 3.33. The van der Waals surface area contributed by atoms with Crippen molar-refractivity contribution in [1.82, 2.24) is 9.80 Å². The molecule has 0 aliphatic carbocycles. The third kappa shape index (κ3) is 2.66. The van der Waals surface area contributed by atoms with Crippen LogP contribution >= 0.6 is 0 Å². The molecule has 13 heavy (non-hydrogen) atoms. The molecule has 0 saturated carbocycles. The zero-order chi connectivity index (χ0) is 10.0. The van der Waals surface area contributed by atoms with Crippen LogP contribution in [0.3, 0.4) is 0 Å². The van der Waals surface area contributed by atoms with E-state index in [1.807, 2.05) is 0 Å². The van der Waals surface area contributed by atoms with Gasteiger partial charge in [0.15, 0.2) is 0 Å². The summed E-state index contributed by atoms with van der Waals surface area (Å²) in [6.07, 6.45) is 0. The van der Waals surface area contributed by atoms with Crippen LogP contribution in [0, 0.1) is 0 Å². The van der Waals surface area contributed by atoms with E-state index in [0.29, 0.717) is 12.1 Å². The maximum Gasteiger partial charge on any atom is 0.0217 e. The Morgan fingerprint density at radius 2 is 1.92 bits per heavy atom. The number of nitrogens with zero attached hydrogens (tertiary/aromatic N) is 2. The van der Waals surface area contributed by atoms with Crippen molar-refractivity contribution in [3.63, 3.8) is 0 Å². The van der Waals surface area contributed by atoms with Gasteiger partial charge in [0, 0.05) is 37.8 Å². The van der Waals surface area contributed by atoms with Crippen molar-refractivity contribution in [3.8, 4) is 0 Å². The fourth-order valence-electron chi connectivity index (χ4n) is 1.78. The average Bonchev–Trinajstić information content (AvgIpc) is 2.08. The maximum atomic E-state index is 5.89. The minimum atomic E-state index is 0.274. The van der Waals surface area contributed by atoms with Crippen LogP contribution in [0.5, 0.6) is 0 Å². The van der Waals surface area contributed by atoms with Crippen molar-refractivity contribution < 1.29 is 0 Å². The van der Waals surface area contributed by atoms with Gasteiger partial charge in [-0.1, -0.05) is 0 Å². The average molecular weight is 185 g/mol. The molecule has 1 heterocycles. The fraction of sp³-hybridized carbons (Fsp3) is 1.00. The molecule has 1 aliphatic heterocycles. The lowest BCUT2D eigenvalue weighted by atomic mass is 10.1. The number of rotatable bonds is 2. The molecule has 1 rings (SSSR count). The molecule has 0 amide bonds. The second-order valence-corrected chi connectivity index (χ2v) is 4.42. The summed E-state index contributed by atoms with van der Waals surface area (Å²) in [4.78, 5) is 4.90. The normalized spacial score (nSPS) is 31.6. The van der Waals surface area contributed by atoms with E-state index in [1.54, 1.807) is 0 Å². The summed E-state index contributed by atoms with van der Waals surface area (Å²) in [5.41, 5.74) is 5.89. The molecule has 0 aromatic carbocycles. The van der Waals surface area contributed by atoms with Gasteiger partial charge in [-0.05, 0) is 27.8 Å². The van der Waals surface area contributed by atoms with Crippen LogP contribution in [-0.4, -0.2) is 54.6 Å². The van der Waals surface area contributed by atoms with Crippen LogP contribution in [-0.2, 0) is 0 Å². The van der Waals surface area contributed by atoms with Crippen molar-refractivity contribution >= 4 is 0 Å². The van der Waals surface area contributed by atoms with Crippen molar-refractivity contribution in [1.29, 1.82) is 0 Å². The Kier molecular flexibility index (Phi) is 3.71. The molecule has 0 aromatic heterocycles. The predicted molar refractivity (Wildman–Crippen MR) is 56.8 cm³/mol. The van der Waals surface area contributed by atoms with Crippen molar-refractivity contribution in [3.05, 3.63) is 0 Å². The second-order valence-electron chi connectivity index (χ2n) is 4.42. The van der Waals surface area contributed by atoms with Crippen LogP contribution in [0.25, 0.3) is 0 Å².